The van der Waals surface area contributed by atoms with Gasteiger partial charge in [0.1, 0.15) is 5.82 Å². The van der Waals surface area contributed by atoms with Gasteiger partial charge in [0.05, 0.1) is 5.92 Å². The molecule has 0 radical (unpaired) electrons. The number of carbonyl (C=O) groups excluding carboxylic acids is 1. The lowest BCUT2D eigenvalue weighted by molar-refractivity contribution is -0.119. The van der Waals surface area contributed by atoms with E-state index in [2.05, 4.69) is 4.99 Å². The summed E-state index contributed by atoms with van der Waals surface area (Å²) in [7, 11) is 0. The molecule has 0 fully saturated rings. The first-order valence-electron chi connectivity index (χ1n) is 6.59. The molecule has 0 saturated carbocycles. The second-order valence-corrected chi connectivity index (χ2v) is 5.19. The summed E-state index contributed by atoms with van der Waals surface area (Å²) in [6.45, 7) is 0. The zero-order valence-electron chi connectivity index (χ0n) is 11.7. The summed E-state index contributed by atoms with van der Waals surface area (Å²) in [6, 6.07) is 13.0. The van der Waals surface area contributed by atoms with Crippen molar-refractivity contribution in [1.82, 2.24) is 0 Å². The number of halogens is 2. The highest BCUT2D eigenvalue weighted by atomic mass is 35.5. The first kappa shape index (κ1) is 16.0. The predicted octanol–water partition coefficient (Wildman–Crippen LogP) is 2.61. The van der Waals surface area contributed by atoms with Gasteiger partial charge in [-0.1, -0.05) is 41.9 Å². The lowest BCUT2D eigenvalue weighted by atomic mass is 9.91. The fourth-order valence-corrected chi connectivity index (χ4v) is 2.46. The third-order valence-corrected chi connectivity index (χ3v) is 3.49. The van der Waals surface area contributed by atoms with Crippen molar-refractivity contribution in [2.45, 2.75) is 12.3 Å². The van der Waals surface area contributed by atoms with Crippen molar-refractivity contribution in [2.75, 3.05) is 0 Å². The fraction of sp³-hybridized carbons (Fsp3) is 0.125. The van der Waals surface area contributed by atoms with Gasteiger partial charge in [0.2, 0.25) is 0 Å². The Morgan fingerprint density at radius 2 is 1.91 bits per heavy atom. The lowest BCUT2D eigenvalue weighted by Crippen LogP contribution is -2.26. The van der Waals surface area contributed by atoms with Crippen LogP contribution in [0.4, 0.5) is 4.39 Å². The number of aliphatic imine (C=N–C) groups is 1. The standard InChI is InChI=1S/C16H15ClFN3O/c17-14-7-2-1-6-12(14)13(15(22)21-16(19)20)9-10-4-3-5-11(18)8-10/h1-8,13H,9H2,(H4,19,20,21,22)/t13-/m1/s1. The zero-order chi connectivity index (χ0) is 16.1. The molecule has 114 valence electrons. The van der Waals surface area contributed by atoms with Crippen molar-refractivity contribution in [3.8, 4) is 0 Å². The van der Waals surface area contributed by atoms with E-state index in [1.54, 1.807) is 36.4 Å². The van der Waals surface area contributed by atoms with Crippen LogP contribution < -0.4 is 11.5 Å². The maximum atomic E-state index is 13.3. The quantitative estimate of drug-likeness (QED) is 0.671. The number of amides is 1. The van der Waals surface area contributed by atoms with Crippen molar-refractivity contribution in [3.63, 3.8) is 0 Å². The van der Waals surface area contributed by atoms with Crippen LogP contribution in [0, 0.1) is 5.82 Å². The Morgan fingerprint density at radius 1 is 1.18 bits per heavy atom. The molecule has 2 aromatic carbocycles. The van der Waals surface area contributed by atoms with E-state index in [-0.39, 0.29) is 18.2 Å². The first-order valence-corrected chi connectivity index (χ1v) is 6.97. The van der Waals surface area contributed by atoms with Gasteiger partial charge < -0.3 is 11.5 Å². The summed E-state index contributed by atoms with van der Waals surface area (Å²) in [5.41, 5.74) is 11.8. The van der Waals surface area contributed by atoms with Gasteiger partial charge in [0.15, 0.2) is 5.96 Å². The predicted molar refractivity (Wildman–Crippen MR) is 85.1 cm³/mol. The van der Waals surface area contributed by atoms with E-state index in [1.807, 2.05) is 0 Å². The minimum absolute atomic E-state index is 0.247. The number of hydrogen-bond acceptors (Lipinski definition) is 1. The minimum Gasteiger partial charge on any atom is -0.370 e. The van der Waals surface area contributed by atoms with E-state index < -0.39 is 11.8 Å². The average molecular weight is 320 g/mol. The lowest BCUT2D eigenvalue weighted by Gasteiger charge is -2.15. The van der Waals surface area contributed by atoms with Crippen LogP contribution in [0.15, 0.2) is 53.5 Å². The Morgan fingerprint density at radius 3 is 2.55 bits per heavy atom. The normalized spacial score (nSPS) is 11.7. The molecule has 2 rings (SSSR count). The Labute approximate surface area is 132 Å². The average Bonchev–Trinajstić information content (AvgIpc) is 2.45. The Balaban J connectivity index is 2.40. The monoisotopic (exact) mass is 319 g/mol. The van der Waals surface area contributed by atoms with Crippen molar-refractivity contribution in [2.24, 2.45) is 16.5 Å². The zero-order valence-corrected chi connectivity index (χ0v) is 12.4. The smallest absolute Gasteiger partial charge is 0.256 e. The Hall–Kier alpha value is -2.40. The Kier molecular flexibility index (Phi) is 5.12. The van der Waals surface area contributed by atoms with Gasteiger partial charge in [-0.25, -0.2) is 4.39 Å². The molecule has 0 bridgehead atoms. The summed E-state index contributed by atoms with van der Waals surface area (Å²) in [5.74, 6) is -1.89. The molecular weight excluding hydrogens is 305 g/mol. The number of carbonyl (C=O) groups is 1. The largest absolute Gasteiger partial charge is 0.370 e. The molecule has 0 unspecified atom stereocenters. The number of nitrogens with zero attached hydrogens (tertiary/aromatic N) is 1. The van der Waals surface area contributed by atoms with E-state index in [0.717, 1.165) is 0 Å². The van der Waals surface area contributed by atoms with Crippen LogP contribution in [0.3, 0.4) is 0 Å². The second-order valence-electron chi connectivity index (χ2n) is 4.78. The summed E-state index contributed by atoms with van der Waals surface area (Å²) in [6.07, 6.45) is 0.247. The molecular formula is C16H15ClFN3O. The SMILES string of the molecule is NC(N)=NC(=O)[C@H](Cc1cccc(F)c1)c1ccccc1Cl. The molecule has 0 aliphatic rings. The minimum atomic E-state index is -0.683. The summed E-state index contributed by atoms with van der Waals surface area (Å²) in [5, 5.41) is 0.433. The van der Waals surface area contributed by atoms with Gasteiger partial charge in [-0.05, 0) is 35.7 Å². The molecule has 6 heteroatoms. The van der Waals surface area contributed by atoms with Crippen LogP contribution in [-0.4, -0.2) is 11.9 Å². The van der Waals surface area contributed by atoms with Crippen LogP contribution in [-0.2, 0) is 11.2 Å². The molecule has 22 heavy (non-hydrogen) atoms. The molecule has 4 N–H and O–H groups in total. The topological polar surface area (TPSA) is 81.5 Å². The van der Waals surface area contributed by atoms with Gasteiger partial charge in [-0.2, -0.15) is 4.99 Å². The number of benzene rings is 2. The molecule has 0 saturated heterocycles. The van der Waals surface area contributed by atoms with Crippen LogP contribution in [0.5, 0.6) is 0 Å². The second kappa shape index (κ2) is 7.04. The molecule has 0 spiro atoms. The van der Waals surface area contributed by atoms with Gasteiger partial charge in [0, 0.05) is 5.02 Å². The van der Waals surface area contributed by atoms with Crippen molar-refractivity contribution in [3.05, 3.63) is 70.5 Å². The third kappa shape index (κ3) is 4.05. The maximum Gasteiger partial charge on any atom is 0.256 e. The van der Waals surface area contributed by atoms with Gasteiger partial charge in [0.25, 0.3) is 5.91 Å². The number of nitrogens with two attached hydrogens (primary N) is 2. The van der Waals surface area contributed by atoms with Crippen LogP contribution >= 0.6 is 11.6 Å². The van der Waals surface area contributed by atoms with Gasteiger partial charge in [-0.15, -0.1) is 0 Å². The van der Waals surface area contributed by atoms with Crippen LogP contribution in [0.2, 0.25) is 5.02 Å². The highest BCUT2D eigenvalue weighted by Crippen LogP contribution is 2.29. The fourth-order valence-electron chi connectivity index (χ4n) is 2.19. The summed E-state index contributed by atoms with van der Waals surface area (Å²) >= 11 is 6.16. The van der Waals surface area contributed by atoms with Crippen LogP contribution in [0.25, 0.3) is 0 Å². The van der Waals surface area contributed by atoms with Crippen molar-refractivity contribution < 1.29 is 9.18 Å². The molecule has 0 aliphatic carbocycles. The highest BCUT2D eigenvalue weighted by Gasteiger charge is 2.23. The van der Waals surface area contributed by atoms with E-state index in [1.165, 1.54) is 12.1 Å². The third-order valence-electron chi connectivity index (χ3n) is 3.15. The molecule has 1 amide bonds. The molecule has 4 nitrogen and oxygen atoms in total. The van der Waals surface area contributed by atoms with E-state index in [4.69, 9.17) is 23.1 Å². The van der Waals surface area contributed by atoms with Crippen LogP contribution in [0.1, 0.15) is 17.0 Å². The van der Waals surface area contributed by atoms with E-state index >= 15 is 0 Å². The first-order chi connectivity index (χ1) is 10.5. The molecule has 2 aromatic rings. The van der Waals surface area contributed by atoms with E-state index in [0.29, 0.717) is 16.1 Å². The number of hydrogen-bond donors (Lipinski definition) is 2. The molecule has 0 aliphatic heterocycles. The van der Waals surface area contributed by atoms with Crippen molar-refractivity contribution in [1.29, 1.82) is 0 Å². The van der Waals surface area contributed by atoms with Crippen molar-refractivity contribution >= 4 is 23.5 Å². The molecule has 0 aromatic heterocycles. The van der Waals surface area contributed by atoms with Gasteiger partial charge >= 0.3 is 0 Å². The highest BCUT2D eigenvalue weighted by molar-refractivity contribution is 6.31. The van der Waals surface area contributed by atoms with E-state index in [9.17, 15) is 9.18 Å². The summed E-state index contributed by atoms with van der Waals surface area (Å²) < 4.78 is 13.3. The number of guanidine groups is 1. The van der Waals surface area contributed by atoms with Gasteiger partial charge in [-0.3, -0.25) is 4.79 Å². The maximum absolute atomic E-state index is 13.3. The molecule has 0 heterocycles. The molecule has 1 atom stereocenters. The summed E-state index contributed by atoms with van der Waals surface area (Å²) in [4.78, 5) is 15.9. The Bertz CT molecular complexity index is 714. The number of rotatable bonds is 4.